The van der Waals surface area contributed by atoms with E-state index in [-0.39, 0.29) is 5.82 Å². The molecule has 2 aromatic heterocycles. The van der Waals surface area contributed by atoms with Gasteiger partial charge in [0.25, 0.3) is 0 Å². The van der Waals surface area contributed by atoms with Crippen LogP contribution in [-0.2, 0) is 0 Å². The summed E-state index contributed by atoms with van der Waals surface area (Å²) in [4.78, 5) is 11.5. The van der Waals surface area contributed by atoms with E-state index >= 15 is 0 Å². The van der Waals surface area contributed by atoms with Gasteiger partial charge in [-0.05, 0) is 76.8 Å². The molecule has 4 rings (SSSR count). The molecule has 0 fully saturated rings. The van der Waals surface area contributed by atoms with Crippen LogP contribution in [0.3, 0.4) is 0 Å². The first-order chi connectivity index (χ1) is 14.7. The average Bonchev–Trinajstić information content (AvgIpc) is 3.24. The van der Waals surface area contributed by atoms with E-state index in [0.717, 1.165) is 44.3 Å². The van der Waals surface area contributed by atoms with Crippen molar-refractivity contribution in [3.63, 3.8) is 0 Å². The lowest BCUT2D eigenvalue weighted by atomic mass is 10.0. The Balaban J connectivity index is 1.67. The molecular formula is C23H18FN5S. The van der Waals surface area contributed by atoms with Gasteiger partial charge in [-0.1, -0.05) is 17.2 Å². The van der Waals surface area contributed by atoms with E-state index in [4.69, 9.17) is 5.53 Å². The molecule has 2 aromatic carbocycles. The van der Waals surface area contributed by atoms with Gasteiger partial charge in [0.05, 0.1) is 5.69 Å². The average molecular weight is 415 g/mol. The van der Waals surface area contributed by atoms with Crippen molar-refractivity contribution in [2.24, 2.45) is 5.11 Å². The van der Waals surface area contributed by atoms with Crippen LogP contribution in [0.15, 0.2) is 89.1 Å². The number of halogens is 1. The minimum atomic E-state index is -0.260. The molecule has 0 aliphatic rings. The van der Waals surface area contributed by atoms with E-state index in [1.165, 1.54) is 12.1 Å². The molecule has 0 radical (unpaired) electrons. The van der Waals surface area contributed by atoms with Crippen molar-refractivity contribution in [1.82, 2.24) is 9.97 Å². The van der Waals surface area contributed by atoms with Gasteiger partial charge in [-0.3, -0.25) is 4.98 Å². The van der Waals surface area contributed by atoms with Gasteiger partial charge in [-0.25, -0.2) is 4.39 Å². The fourth-order valence-corrected chi connectivity index (χ4v) is 3.93. The van der Waals surface area contributed by atoms with E-state index in [0.29, 0.717) is 6.54 Å². The zero-order valence-corrected chi connectivity index (χ0v) is 16.8. The van der Waals surface area contributed by atoms with Crippen molar-refractivity contribution in [1.29, 1.82) is 0 Å². The molecular weight excluding hydrogens is 397 g/mol. The molecule has 7 heteroatoms. The minimum Gasteiger partial charge on any atom is -0.354 e. The van der Waals surface area contributed by atoms with Crippen LogP contribution < -0.4 is 0 Å². The predicted molar refractivity (Wildman–Crippen MR) is 120 cm³/mol. The van der Waals surface area contributed by atoms with Crippen LogP contribution in [0.2, 0.25) is 0 Å². The van der Waals surface area contributed by atoms with Crippen LogP contribution in [0.25, 0.3) is 44.1 Å². The zero-order valence-electron chi connectivity index (χ0n) is 16.0. The number of H-pyrrole nitrogens is 1. The molecule has 0 saturated heterocycles. The maximum Gasteiger partial charge on any atom is 0.123 e. The van der Waals surface area contributed by atoms with E-state index in [9.17, 15) is 4.39 Å². The van der Waals surface area contributed by atoms with Crippen molar-refractivity contribution in [3.8, 4) is 33.6 Å². The molecule has 30 heavy (non-hydrogen) atoms. The van der Waals surface area contributed by atoms with Crippen LogP contribution in [0, 0.1) is 5.82 Å². The van der Waals surface area contributed by atoms with Gasteiger partial charge < -0.3 is 4.98 Å². The van der Waals surface area contributed by atoms with Gasteiger partial charge in [0.15, 0.2) is 0 Å². The summed E-state index contributed by atoms with van der Waals surface area (Å²) in [6, 6.07) is 20.8. The molecule has 0 aliphatic carbocycles. The Morgan fingerprint density at radius 3 is 2.33 bits per heavy atom. The molecule has 0 saturated carbocycles. The number of nitrogens with zero attached hydrogens (tertiary/aromatic N) is 4. The van der Waals surface area contributed by atoms with Crippen molar-refractivity contribution in [2.75, 3.05) is 12.3 Å². The number of thioether (sulfide) groups is 1. The van der Waals surface area contributed by atoms with Crippen LogP contribution in [0.4, 0.5) is 4.39 Å². The second kappa shape index (κ2) is 9.31. The lowest BCUT2D eigenvalue weighted by Crippen LogP contribution is -1.85. The largest absolute Gasteiger partial charge is 0.354 e. The monoisotopic (exact) mass is 415 g/mol. The topological polar surface area (TPSA) is 77.4 Å². The molecule has 0 aliphatic heterocycles. The molecule has 0 amide bonds. The predicted octanol–water partition coefficient (Wildman–Crippen LogP) is 6.95. The van der Waals surface area contributed by atoms with Crippen LogP contribution in [-0.4, -0.2) is 22.3 Å². The third kappa shape index (κ3) is 4.54. The summed E-state index contributed by atoms with van der Waals surface area (Å²) in [5.74, 6) is 0.483. The molecule has 0 unspecified atom stereocenters. The Morgan fingerprint density at radius 1 is 0.933 bits per heavy atom. The van der Waals surface area contributed by atoms with Crippen molar-refractivity contribution < 1.29 is 4.39 Å². The molecule has 1 N–H and O–H groups in total. The van der Waals surface area contributed by atoms with Gasteiger partial charge in [-0.2, -0.15) is 0 Å². The third-order valence-electron chi connectivity index (χ3n) is 4.63. The van der Waals surface area contributed by atoms with Crippen molar-refractivity contribution in [2.45, 2.75) is 4.90 Å². The Labute approximate surface area is 177 Å². The standard InChI is InChI=1S/C23H18FN5S/c24-19-5-1-18(2-6-19)23-21(16-9-11-26-12-10-16)15-22(28-23)17-3-7-20(8-4-17)30-14-13-27-29-25/h1-12,15,28H,13-14H2. The first-order valence-corrected chi connectivity index (χ1v) is 10.4. The molecule has 4 aromatic rings. The highest BCUT2D eigenvalue weighted by atomic mass is 32.2. The zero-order chi connectivity index (χ0) is 20.8. The number of nitrogens with one attached hydrogen (secondary N) is 1. The Bertz CT molecular complexity index is 1160. The molecule has 0 bridgehead atoms. The number of hydrogen-bond acceptors (Lipinski definition) is 3. The van der Waals surface area contributed by atoms with Gasteiger partial charge in [0, 0.05) is 45.8 Å². The highest BCUT2D eigenvalue weighted by molar-refractivity contribution is 7.99. The Hall–Kier alpha value is -3.54. The third-order valence-corrected chi connectivity index (χ3v) is 5.62. The smallest absolute Gasteiger partial charge is 0.123 e. The molecule has 0 spiro atoms. The maximum absolute atomic E-state index is 13.4. The van der Waals surface area contributed by atoms with Gasteiger partial charge in [0.2, 0.25) is 0 Å². The first-order valence-electron chi connectivity index (χ1n) is 9.38. The van der Waals surface area contributed by atoms with Gasteiger partial charge >= 0.3 is 0 Å². The highest BCUT2D eigenvalue weighted by Crippen LogP contribution is 2.36. The molecule has 0 atom stereocenters. The molecule has 5 nitrogen and oxygen atoms in total. The summed E-state index contributed by atoms with van der Waals surface area (Å²) in [7, 11) is 0. The van der Waals surface area contributed by atoms with Crippen molar-refractivity contribution >= 4 is 11.8 Å². The molecule has 2 heterocycles. The highest BCUT2D eigenvalue weighted by Gasteiger charge is 2.13. The first kappa shape index (κ1) is 19.8. The summed E-state index contributed by atoms with van der Waals surface area (Å²) >= 11 is 1.65. The molecule has 148 valence electrons. The van der Waals surface area contributed by atoms with Crippen LogP contribution in [0.5, 0.6) is 0 Å². The van der Waals surface area contributed by atoms with Gasteiger partial charge in [-0.15, -0.1) is 11.8 Å². The lowest BCUT2D eigenvalue weighted by molar-refractivity contribution is 0.628. The number of aromatic amines is 1. The van der Waals surface area contributed by atoms with E-state index < -0.39 is 0 Å². The second-order valence-electron chi connectivity index (χ2n) is 6.54. The quantitative estimate of drug-likeness (QED) is 0.116. The second-order valence-corrected chi connectivity index (χ2v) is 7.71. The van der Waals surface area contributed by atoms with Crippen molar-refractivity contribution in [3.05, 3.63) is 95.4 Å². The minimum absolute atomic E-state index is 0.260. The maximum atomic E-state index is 13.4. The van der Waals surface area contributed by atoms with E-state index in [1.54, 1.807) is 36.3 Å². The lowest BCUT2D eigenvalue weighted by Gasteiger charge is -2.04. The Kier molecular flexibility index (Phi) is 6.13. The number of hydrogen-bond donors (Lipinski definition) is 1. The number of benzene rings is 2. The fraction of sp³-hybridized carbons (Fsp3) is 0.0870. The normalized spacial score (nSPS) is 10.6. The van der Waals surface area contributed by atoms with E-state index in [2.05, 4.69) is 50.3 Å². The summed E-state index contributed by atoms with van der Waals surface area (Å²) in [5, 5.41) is 3.55. The van der Waals surface area contributed by atoms with Crippen LogP contribution in [0.1, 0.15) is 0 Å². The summed E-state index contributed by atoms with van der Waals surface area (Å²) in [6.07, 6.45) is 3.53. The van der Waals surface area contributed by atoms with Crippen LogP contribution >= 0.6 is 11.8 Å². The Morgan fingerprint density at radius 2 is 1.63 bits per heavy atom. The summed E-state index contributed by atoms with van der Waals surface area (Å²) in [5.41, 5.74) is 14.3. The summed E-state index contributed by atoms with van der Waals surface area (Å²) in [6.45, 7) is 0.468. The number of aromatic nitrogens is 2. The summed E-state index contributed by atoms with van der Waals surface area (Å²) < 4.78 is 13.4. The SMILES string of the molecule is [N-]=[N+]=NCCSc1ccc(-c2cc(-c3ccncc3)c(-c3ccc(F)cc3)[nH]2)cc1. The fourth-order valence-electron chi connectivity index (χ4n) is 3.19. The number of pyridine rings is 1. The number of rotatable bonds is 7. The number of azide groups is 1. The van der Waals surface area contributed by atoms with Gasteiger partial charge in [0.1, 0.15) is 5.82 Å². The van der Waals surface area contributed by atoms with E-state index in [1.807, 2.05) is 12.1 Å².